The van der Waals surface area contributed by atoms with Crippen molar-refractivity contribution in [2.24, 2.45) is 30.2 Å². The summed E-state index contributed by atoms with van der Waals surface area (Å²) >= 11 is 6.46. The maximum atomic E-state index is 13.5. The van der Waals surface area contributed by atoms with Crippen molar-refractivity contribution < 1.29 is 0 Å². The molecule has 4 bridgehead atoms. The molecule has 176 valence electrons. The molecular formula is C24H27ClN8O. The third kappa shape index (κ3) is 2.82. The molecule has 0 amide bonds. The van der Waals surface area contributed by atoms with E-state index in [1.807, 2.05) is 11.6 Å². The molecule has 8 rings (SSSR count). The number of anilines is 2. The summed E-state index contributed by atoms with van der Waals surface area (Å²) in [6.07, 6.45) is 12.5. The Morgan fingerprint density at radius 1 is 1.21 bits per heavy atom. The van der Waals surface area contributed by atoms with Crippen LogP contribution in [-0.2, 0) is 7.05 Å². The van der Waals surface area contributed by atoms with E-state index in [-0.39, 0.29) is 11.7 Å². The number of hydrogen-bond donors (Lipinski definition) is 1. The fraction of sp³-hybridized carbons (Fsp3) is 0.542. The minimum absolute atomic E-state index is 0.00606. The Balaban J connectivity index is 1.31. The molecule has 4 aromatic heterocycles. The zero-order valence-corrected chi connectivity index (χ0v) is 20.0. The lowest BCUT2D eigenvalue weighted by Crippen LogP contribution is -2.52. The van der Waals surface area contributed by atoms with Gasteiger partial charge in [0.05, 0.1) is 23.1 Å². The molecule has 2 unspecified atom stereocenters. The summed E-state index contributed by atoms with van der Waals surface area (Å²) in [4.78, 5) is 27.0. The first kappa shape index (κ1) is 20.4. The van der Waals surface area contributed by atoms with Crippen LogP contribution in [0.2, 0.25) is 5.02 Å². The Morgan fingerprint density at radius 2 is 2.00 bits per heavy atom. The number of rotatable bonds is 4. The number of nitrogens with one attached hydrogen (secondary N) is 1. The zero-order valence-electron chi connectivity index (χ0n) is 19.3. The van der Waals surface area contributed by atoms with Crippen molar-refractivity contribution in [3.05, 3.63) is 40.3 Å². The Kier molecular flexibility index (Phi) is 4.23. The van der Waals surface area contributed by atoms with E-state index in [0.717, 1.165) is 11.4 Å². The second-order valence-corrected chi connectivity index (χ2v) is 11.1. The van der Waals surface area contributed by atoms with Gasteiger partial charge in [-0.3, -0.25) is 9.13 Å². The van der Waals surface area contributed by atoms with Crippen molar-refractivity contribution in [1.29, 1.82) is 0 Å². The first-order valence-electron chi connectivity index (χ1n) is 12.1. The molecule has 0 spiro atoms. The van der Waals surface area contributed by atoms with Crippen LogP contribution in [-0.4, -0.2) is 33.7 Å². The van der Waals surface area contributed by atoms with E-state index in [4.69, 9.17) is 16.6 Å². The lowest BCUT2D eigenvalue weighted by atomic mass is 9.47. The van der Waals surface area contributed by atoms with Gasteiger partial charge in [-0.2, -0.15) is 10.1 Å². The molecule has 0 saturated heterocycles. The Morgan fingerprint density at radius 3 is 2.76 bits per heavy atom. The fourth-order valence-electron chi connectivity index (χ4n) is 7.53. The van der Waals surface area contributed by atoms with E-state index in [1.165, 1.54) is 44.9 Å². The Hall–Kier alpha value is -2.94. The van der Waals surface area contributed by atoms with Crippen LogP contribution in [0.1, 0.15) is 51.5 Å². The molecule has 0 radical (unpaired) electrons. The summed E-state index contributed by atoms with van der Waals surface area (Å²) in [7, 11) is 1.82. The summed E-state index contributed by atoms with van der Waals surface area (Å²) in [5.41, 5.74) is 3.24. The van der Waals surface area contributed by atoms with Crippen molar-refractivity contribution in [3.8, 4) is 0 Å². The van der Waals surface area contributed by atoms with Gasteiger partial charge < -0.3 is 5.32 Å². The van der Waals surface area contributed by atoms with Gasteiger partial charge >= 0.3 is 5.69 Å². The first-order chi connectivity index (χ1) is 16.4. The monoisotopic (exact) mass is 478 g/mol. The number of halogens is 1. The molecule has 2 atom stereocenters. The third-order valence-electron chi connectivity index (χ3n) is 8.84. The van der Waals surface area contributed by atoms with E-state index in [2.05, 4.69) is 27.3 Å². The van der Waals surface area contributed by atoms with E-state index in [0.29, 0.717) is 45.2 Å². The van der Waals surface area contributed by atoms with E-state index >= 15 is 0 Å². The average molecular weight is 479 g/mol. The Bertz CT molecular complexity index is 1490. The minimum atomic E-state index is 0.00606. The number of aromatic nitrogens is 7. The van der Waals surface area contributed by atoms with Crippen molar-refractivity contribution in [2.45, 2.75) is 51.5 Å². The maximum Gasteiger partial charge on any atom is 0.330 e. The highest BCUT2D eigenvalue weighted by molar-refractivity contribution is 6.33. The van der Waals surface area contributed by atoms with Crippen LogP contribution >= 0.6 is 11.6 Å². The highest BCUT2D eigenvalue weighted by Gasteiger charge is 2.55. The molecule has 4 aliphatic rings. The molecular weight excluding hydrogens is 452 g/mol. The largest absolute Gasteiger partial charge is 0.330 e. The SMILES string of the molecule is CCC12CC3CC(C1)C(n1c(=O)n(C)c4cnc(Nc5cn6ncnc6cc5Cl)nc41)C(C3)C2. The van der Waals surface area contributed by atoms with Gasteiger partial charge in [0.1, 0.15) is 11.8 Å². The van der Waals surface area contributed by atoms with Crippen LogP contribution in [0.3, 0.4) is 0 Å². The van der Waals surface area contributed by atoms with Crippen LogP contribution in [0, 0.1) is 23.2 Å². The van der Waals surface area contributed by atoms with Gasteiger partial charge in [-0.1, -0.05) is 24.9 Å². The van der Waals surface area contributed by atoms with Crippen molar-refractivity contribution in [2.75, 3.05) is 5.32 Å². The number of imidazole rings is 1. The summed E-state index contributed by atoms with van der Waals surface area (Å²) in [5.74, 6) is 2.32. The quantitative estimate of drug-likeness (QED) is 0.468. The van der Waals surface area contributed by atoms with Gasteiger partial charge in [0.2, 0.25) is 5.95 Å². The molecule has 4 saturated carbocycles. The number of pyridine rings is 1. The molecule has 0 aliphatic heterocycles. The van der Waals surface area contributed by atoms with Crippen molar-refractivity contribution in [3.63, 3.8) is 0 Å². The molecule has 4 heterocycles. The lowest BCUT2D eigenvalue weighted by Gasteiger charge is -2.60. The van der Waals surface area contributed by atoms with Crippen LogP contribution in [0.15, 0.2) is 29.6 Å². The number of fused-ring (bicyclic) bond motifs is 2. The lowest BCUT2D eigenvalue weighted by molar-refractivity contribution is -0.0902. The van der Waals surface area contributed by atoms with Crippen molar-refractivity contribution >= 4 is 40.0 Å². The van der Waals surface area contributed by atoms with Gasteiger partial charge in [-0.15, -0.1) is 0 Å². The molecule has 10 heteroatoms. The summed E-state index contributed by atoms with van der Waals surface area (Å²) in [6.45, 7) is 2.35. The molecule has 34 heavy (non-hydrogen) atoms. The third-order valence-corrected chi connectivity index (χ3v) is 9.16. The fourth-order valence-corrected chi connectivity index (χ4v) is 7.73. The van der Waals surface area contributed by atoms with E-state index < -0.39 is 0 Å². The molecule has 4 fully saturated rings. The molecule has 4 aromatic rings. The molecule has 4 aliphatic carbocycles. The van der Waals surface area contributed by atoms with Gasteiger partial charge in [0.15, 0.2) is 11.3 Å². The minimum Gasteiger partial charge on any atom is -0.322 e. The highest BCUT2D eigenvalue weighted by Crippen LogP contribution is 2.64. The summed E-state index contributed by atoms with van der Waals surface area (Å²) in [6, 6.07) is 1.96. The number of nitrogens with zero attached hydrogens (tertiary/aromatic N) is 7. The molecule has 0 aromatic carbocycles. The van der Waals surface area contributed by atoms with Crippen molar-refractivity contribution in [1.82, 2.24) is 33.7 Å². The smallest absolute Gasteiger partial charge is 0.322 e. The van der Waals surface area contributed by atoms with Crippen LogP contribution in [0.25, 0.3) is 16.8 Å². The molecule has 1 N–H and O–H groups in total. The predicted octanol–water partition coefficient (Wildman–Crippen LogP) is 4.35. The number of hydrogen-bond acceptors (Lipinski definition) is 6. The summed E-state index contributed by atoms with van der Waals surface area (Å²) in [5, 5.41) is 7.89. The van der Waals surface area contributed by atoms with E-state index in [1.54, 1.807) is 27.5 Å². The zero-order chi connectivity index (χ0) is 23.2. The van der Waals surface area contributed by atoms with Gasteiger partial charge in [-0.05, 0) is 55.3 Å². The van der Waals surface area contributed by atoms with Crippen LogP contribution in [0.4, 0.5) is 11.6 Å². The van der Waals surface area contributed by atoms with Crippen LogP contribution in [0.5, 0.6) is 0 Å². The van der Waals surface area contributed by atoms with Gasteiger partial charge in [-0.25, -0.2) is 19.3 Å². The van der Waals surface area contributed by atoms with Gasteiger partial charge in [0, 0.05) is 19.2 Å². The topological polar surface area (TPSA) is 94.9 Å². The average Bonchev–Trinajstić information content (AvgIpc) is 3.36. The second kappa shape index (κ2) is 7.04. The maximum absolute atomic E-state index is 13.5. The summed E-state index contributed by atoms with van der Waals surface area (Å²) < 4.78 is 5.32. The highest BCUT2D eigenvalue weighted by atomic mass is 35.5. The van der Waals surface area contributed by atoms with Crippen LogP contribution < -0.4 is 11.0 Å². The second-order valence-electron chi connectivity index (χ2n) is 10.7. The van der Waals surface area contributed by atoms with Gasteiger partial charge in [0.25, 0.3) is 0 Å². The predicted molar refractivity (Wildman–Crippen MR) is 129 cm³/mol. The Labute approximate surface area is 201 Å². The molecule has 9 nitrogen and oxygen atoms in total. The number of aryl methyl sites for hydroxylation is 1. The first-order valence-corrected chi connectivity index (χ1v) is 12.5. The normalized spacial score (nSPS) is 30.0. The standard InChI is InChI=1S/C24H27ClN8O/c1-3-24-7-13-4-14(8-24)20(15(5-13)9-24)33-21-18(31(2)23(33)34)10-26-22(30-21)29-17-11-32-19(6-16(17)25)27-12-28-32/h6,10-15,20H,3-5,7-9H2,1-2H3,(H,26,29,30). The van der Waals surface area contributed by atoms with E-state index in [9.17, 15) is 4.79 Å².